The number of hydrogen-bond acceptors (Lipinski definition) is 4. The van der Waals surface area contributed by atoms with E-state index in [0.29, 0.717) is 12.6 Å². The number of nitrogens with one attached hydrogen (secondary N) is 1. The molecule has 0 aliphatic carbocycles. The summed E-state index contributed by atoms with van der Waals surface area (Å²) in [7, 11) is 3.85. The topological polar surface area (TPSA) is 48.5 Å². The first-order valence-electron chi connectivity index (χ1n) is 8.50. The molecule has 1 fully saturated rings. The van der Waals surface area contributed by atoms with Crippen LogP contribution in [0.1, 0.15) is 32.4 Å². The molecule has 0 bridgehead atoms. The van der Waals surface area contributed by atoms with Crippen LogP contribution in [0, 0.1) is 0 Å². The largest absolute Gasteiger partial charge is 0.349 e. The van der Waals surface area contributed by atoms with E-state index in [-0.39, 0.29) is 11.4 Å². The van der Waals surface area contributed by atoms with Gasteiger partial charge in [-0.25, -0.2) is 0 Å². The van der Waals surface area contributed by atoms with Gasteiger partial charge >= 0.3 is 0 Å². The number of likely N-dealkylation sites (tertiary alicyclic amines) is 1. The Labute approximate surface area is 140 Å². The molecule has 128 valence electrons. The van der Waals surface area contributed by atoms with Crippen LogP contribution in [-0.4, -0.2) is 66.0 Å². The van der Waals surface area contributed by atoms with E-state index in [4.69, 9.17) is 0 Å². The summed E-state index contributed by atoms with van der Waals surface area (Å²) in [5.41, 5.74) is 0.878. The van der Waals surface area contributed by atoms with Gasteiger partial charge in [0.05, 0.1) is 6.54 Å². The van der Waals surface area contributed by atoms with Crippen LogP contribution in [0.15, 0.2) is 24.4 Å². The number of hydrogen-bond donors (Lipinski definition) is 1. The third kappa shape index (κ3) is 5.29. The minimum absolute atomic E-state index is 0.101. The van der Waals surface area contributed by atoms with Crippen molar-refractivity contribution in [2.45, 2.75) is 44.7 Å². The number of rotatable bonds is 6. The highest BCUT2D eigenvalue weighted by Gasteiger charge is 2.37. The summed E-state index contributed by atoms with van der Waals surface area (Å²) < 4.78 is 0. The summed E-state index contributed by atoms with van der Waals surface area (Å²) in [6, 6.07) is 6.55. The van der Waals surface area contributed by atoms with Gasteiger partial charge in [-0.3, -0.25) is 9.78 Å². The predicted octanol–water partition coefficient (Wildman–Crippen LogP) is 1.54. The Morgan fingerprint density at radius 1 is 1.35 bits per heavy atom. The molecule has 5 nitrogen and oxygen atoms in total. The number of pyridine rings is 1. The van der Waals surface area contributed by atoms with E-state index in [0.717, 1.165) is 38.0 Å². The molecular weight excluding hydrogens is 288 g/mol. The fourth-order valence-corrected chi connectivity index (χ4v) is 3.29. The van der Waals surface area contributed by atoms with Crippen molar-refractivity contribution in [3.05, 3.63) is 30.1 Å². The summed E-state index contributed by atoms with van der Waals surface area (Å²) in [5, 5.41) is 3.32. The zero-order valence-electron chi connectivity index (χ0n) is 14.9. The molecule has 2 rings (SSSR count). The van der Waals surface area contributed by atoms with Crippen LogP contribution >= 0.6 is 0 Å². The van der Waals surface area contributed by atoms with Crippen LogP contribution < -0.4 is 5.32 Å². The molecule has 23 heavy (non-hydrogen) atoms. The van der Waals surface area contributed by atoms with E-state index in [2.05, 4.69) is 35.1 Å². The van der Waals surface area contributed by atoms with Gasteiger partial charge in [0, 0.05) is 43.0 Å². The second-order valence-corrected chi connectivity index (χ2v) is 7.19. The maximum absolute atomic E-state index is 12.3. The van der Waals surface area contributed by atoms with Crippen LogP contribution in [0.2, 0.25) is 0 Å². The lowest BCUT2D eigenvalue weighted by atomic mass is 9.82. The number of piperidine rings is 1. The van der Waals surface area contributed by atoms with Crippen LogP contribution in [0.3, 0.4) is 0 Å². The van der Waals surface area contributed by atoms with E-state index in [1.807, 2.05) is 37.3 Å². The average molecular weight is 318 g/mol. The Balaban J connectivity index is 2.10. The van der Waals surface area contributed by atoms with Crippen molar-refractivity contribution in [2.75, 3.05) is 33.7 Å². The van der Waals surface area contributed by atoms with Gasteiger partial charge in [-0.15, -0.1) is 0 Å². The Bertz CT molecular complexity index is 493. The molecule has 0 radical (unpaired) electrons. The minimum atomic E-state index is -0.174. The fourth-order valence-electron chi connectivity index (χ4n) is 3.29. The van der Waals surface area contributed by atoms with Gasteiger partial charge in [-0.05, 0) is 52.9 Å². The zero-order chi connectivity index (χ0) is 16.9. The molecular formula is C18H30N4O. The third-order valence-corrected chi connectivity index (χ3v) is 4.60. The summed E-state index contributed by atoms with van der Waals surface area (Å²) in [6.45, 7) is 6.93. The monoisotopic (exact) mass is 318 g/mol. The smallest absolute Gasteiger partial charge is 0.234 e. The van der Waals surface area contributed by atoms with Crippen LogP contribution in [0.4, 0.5) is 0 Å². The highest BCUT2D eigenvalue weighted by Crippen LogP contribution is 2.27. The van der Waals surface area contributed by atoms with Gasteiger partial charge in [0.15, 0.2) is 0 Å². The molecule has 0 atom stereocenters. The van der Waals surface area contributed by atoms with Crippen molar-refractivity contribution in [3.63, 3.8) is 0 Å². The molecule has 1 N–H and O–H groups in total. The highest BCUT2D eigenvalue weighted by atomic mass is 16.2. The Morgan fingerprint density at radius 3 is 2.57 bits per heavy atom. The lowest BCUT2D eigenvalue weighted by Crippen LogP contribution is -2.58. The SMILES string of the molecule is CC(C)N1CCC(Cc2ccccn2)(NC(=O)CN(C)C)CC1. The lowest BCUT2D eigenvalue weighted by Gasteiger charge is -2.44. The predicted molar refractivity (Wildman–Crippen MR) is 93.3 cm³/mol. The number of likely N-dealkylation sites (N-methyl/N-ethyl adjacent to an activating group) is 1. The maximum atomic E-state index is 12.3. The molecule has 1 saturated heterocycles. The first kappa shape index (κ1) is 17.9. The first-order chi connectivity index (χ1) is 10.9. The minimum Gasteiger partial charge on any atom is -0.349 e. The second-order valence-electron chi connectivity index (χ2n) is 7.19. The van der Waals surface area contributed by atoms with Crippen molar-refractivity contribution in [2.24, 2.45) is 0 Å². The molecule has 0 unspecified atom stereocenters. The number of aromatic nitrogens is 1. The number of amides is 1. The van der Waals surface area contributed by atoms with Crippen molar-refractivity contribution >= 4 is 5.91 Å². The van der Waals surface area contributed by atoms with Gasteiger partial charge < -0.3 is 15.1 Å². The van der Waals surface area contributed by atoms with Crippen molar-refractivity contribution < 1.29 is 4.79 Å². The molecule has 1 aromatic heterocycles. The summed E-state index contributed by atoms with van der Waals surface area (Å²) in [6.07, 6.45) is 4.58. The van der Waals surface area contributed by atoms with Crippen LogP contribution in [0.5, 0.6) is 0 Å². The van der Waals surface area contributed by atoms with E-state index in [9.17, 15) is 4.79 Å². The number of carbonyl (C=O) groups excluding carboxylic acids is 1. The summed E-state index contributed by atoms with van der Waals surface area (Å²) >= 11 is 0. The molecule has 1 aromatic rings. The molecule has 5 heteroatoms. The molecule has 0 spiro atoms. The average Bonchev–Trinajstić information content (AvgIpc) is 2.47. The first-order valence-corrected chi connectivity index (χ1v) is 8.50. The number of nitrogens with zero attached hydrogens (tertiary/aromatic N) is 3. The molecule has 1 aliphatic rings. The van der Waals surface area contributed by atoms with Gasteiger partial charge in [0.2, 0.25) is 5.91 Å². The Hall–Kier alpha value is -1.46. The third-order valence-electron chi connectivity index (χ3n) is 4.60. The van der Waals surface area contributed by atoms with E-state index < -0.39 is 0 Å². The number of carbonyl (C=O) groups is 1. The van der Waals surface area contributed by atoms with E-state index in [1.165, 1.54) is 0 Å². The zero-order valence-corrected chi connectivity index (χ0v) is 14.9. The van der Waals surface area contributed by atoms with E-state index >= 15 is 0 Å². The normalized spacial score (nSPS) is 18.3. The molecule has 0 saturated carbocycles. The second kappa shape index (κ2) is 7.88. The van der Waals surface area contributed by atoms with Gasteiger partial charge in [0.1, 0.15) is 0 Å². The maximum Gasteiger partial charge on any atom is 0.234 e. The molecule has 1 aliphatic heterocycles. The quantitative estimate of drug-likeness (QED) is 0.864. The Kier molecular flexibility index (Phi) is 6.13. The van der Waals surface area contributed by atoms with E-state index in [1.54, 1.807) is 0 Å². The molecule has 0 aromatic carbocycles. The highest BCUT2D eigenvalue weighted by molar-refractivity contribution is 5.78. The molecule has 2 heterocycles. The van der Waals surface area contributed by atoms with Gasteiger partial charge in [0.25, 0.3) is 0 Å². The molecule has 1 amide bonds. The van der Waals surface area contributed by atoms with Gasteiger partial charge in [-0.2, -0.15) is 0 Å². The van der Waals surface area contributed by atoms with Crippen LogP contribution in [0.25, 0.3) is 0 Å². The van der Waals surface area contributed by atoms with Crippen molar-refractivity contribution in [1.29, 1.82) is 0 Å². The lowest BCUT2D eigenvalue weighted by molar-refractivity contribution is -0.124. The van der Waals surface area contributed by atoms with Crippen LogP contribution in [-0.2, 0) is 11.2 Å². The Morgan fingerprint density at radius 2 is 2.04 bits per heavy atom. The summed E-state index contributed by atoms with van der Waals surface area (Å²) in [5.74, 6) is 0.101. The van der Waals surface area contributed by atoms with Crippen molar-refractivity contribution in [3.8, 4) is 0 Å². The van der Waals surface area contributed by atoms with Crippen molar-refractivity contribution in [1.82, 2.24) is 20.1 Å². The standard InChI is InChI=1S/C18H30N4O/c1-15(2)22-11-8-18(9-12-22,20-17(23)14-21(3)4)13-16-7-5-6-10-19-16/h5-7,10,15H,8-9,11-14H2,1-4H3,(H,20,23). The van der Waals surface area contributed by atoms with Gasteiger partial charge in [-0.1, -0.05) is 6.07 Å². The fraction of sp³-hybridized carbons (Fsp3) is 0.667. The summed E-state index contributed by atoms with van der Waals surface area (Å²) in [4.78, 5) is 21.2.